The summed E-state index contributed by atoms with van der Waals surface area (Å²) in [5.41, 5.74) is 3.36. The first kappa shape index (κ1) is 15.1. The maximum Gasteiger partial charge on any atom is 0.253 e. The molecule has 0 aliphatic rings. The zero-order chi connectivity index (χ0) is 16.1. The van der Waals surface area contributed by atoms with E-state index in [4.69, 9.17) is 0 Å². The third-order valence-corrected chi connectivity index (χ3v) is 3.80. The van der Waals surface area contributed by atoms with Crippen molar-refractivity contribution in [2.45, 2.75) is 13.3 Å². The number of benzene rings is 1. The van der Waals surface area contributed by atoms with Crippen molar-refractivity contribution in [3.05, 3.63) is 66.2 Å². The van der Waals surface area contributed by atoms with E-state index in [0.717, 1.165) is 17.5 Å². The molecule has 116 valence electrons. The van der Waals surface area contributed by atoms with Crippen LogP contribution in [0.5, 0.6) is 0 Å². The van der Waals surface area contributed by atoms with Crippen LogP contribution in [-0.4, -0.2) is 38.8 Å². The lowest BCUT2D eigenvalue weighted by molar-refractivity contribution is 0.0766. The third kappa shape index (κ3) is 3.51. The van der Waals surface area contributed by atoms with Gasteiger partial charge in [0.25, 0.3) is 5.91 Å². The first-order valence-electron chi connectivity index (χ1n) is 7.67. The summed E-state index contributed by atoms with van der Waals surface area (Å²) in [5.74, 6) is 0.0223. The van der Waals surface area contributed by atoms with Crippen LogP contribution in [0.15, 0.2) is 55.1 Å². The average Bonchev–Trinajstić information content (AvgIpc) is 2.62. The van der Waals surface area contributed by atoms with E-state index in [1.807, 2.05) is 36.1 Å². The molecule has 0 bridgehead atoms. The van der Waals surface area contributed by atoms with Gasteiger partial charge in [-0.05, 0) is 49.2 Å². The summed E-state index contributed by atoms with van der Waals surface area (Å²) in [6.45, 7) is 3.34. The van der Waals surface area contributed by atoms with Crippen LogP contribution in [0.1, 0.15) is 22.8 Å². The summed E-state index contributed by atoms with van der Waals surface area (Å²) in [4.78, 5) is 27.1. The number of aromatic nitrogens is 3. The van der Waals surface area contributed by atoms with Gasteiger partial charge in [0, 0.05) is 43.4 Å². The van der Waals surface area contributed by atoms with Crippen LogP contribution in [-0.2, 0) is 6.42 Å². The molecule has 1 aromatic carbocycles. The Kier molecular flexibility index (Phi) is 4.57. The highest BCUT2D eigenvalue weighted by atomic mass is 16.2. The molecule has 0 aliphatic carbocycles. The fraction of sp³-hybridized carbons (Fsp3) is 0.222. The van der Waals surface area contributed by atoms with Gasteiger partial charge < -0.3 is 4.90 Å². The minimum absolute atomic E-state index is 0.0223. The Labute approximate surface area is 135 Å². The highest BCUT2D eigenvalue weighted by molar-refractivity contribution is 5.97. The maximum atomic E-state index is 12.7. The smallest absolute Gasteiger partial charge is 0.253 e. The molecular formula is C18H18N4O. The number of carbonyl (C=O) groups is 1. The number of nitrogens with zero attached hydrogens (tertiary/aromatic N) is 4. The van der Waals surface area contributed by atoms with Crippen molar-refractivity contribution in [3.8, 4) is 0 Å². The van der Waals surface area contributed by atoms with E-state index in [-0.39, 0.29) is 5.91 Å². The van der Waals surface area contributed by atoms with Gasteiger partial charge >= 0.3 is 0 Å². The van der Waals surface area contributed by atoms with Gasteiger partial charge in [0.2, 0.25) is 0 Å². The Morgan fingerprint density at radius 2 is 1.74 bits per heavy atom. The van der Waals surface area contributed by atoms with Crippen LogP contribution < -0.4 is 0 Å². The Hall–Kier alpha value is -2.82. The first-order valence-corrected chi connectivity index (χ1v) is 7.67. The summed E-state index contributed by atoms with van der Waals surface area (Å²) in [7, 11) is 0. The number of fused-ring (bicyclic) bond motifs is 1. The van der Waals surface area contributed by atoms with Crippen LogP contribution in [0, 0.1) is 0 Å². The summed E-state index contributed by atoms with van der Waals surface area (Å²) in [5, 5.41) is 0. The zero-order valence-electron chi connectivity index (χ0n) is 13.0. The number of hydrogen-bond acceptors (Lipinski definition) is 4. The van der Waals surface area contributed by atoms with Crippen LogP contribution in [0.3, 0.4) is 0 Å². The van der Waals surface area contributed by atoms with Crippen molar-refractivity contribution in [1.29, 1.82) is 0 Å². The van der Waals surface area contributed by atoms with Gasteiger partial charge in [0.05, 0.1) is 11.0 Å². The van der Waals surface area contributed by atoms with Crippen molar-refractivity contribution in [1.82, 2.24) is 19.9 Å². The molecule has 3 aromatic rings. The number of carbonyl (C=O) groups excluding carboxylic acids is 1. The summed E-state index contributed by atoms with van der Waals surface area (Å²) >= 11 is 0. The molecule has 0 unspecified atom stereocenters. The molecule has 5 nitrogen and oxygen atoms in total. The topological polar surface area (TPSA) is 59.0 Å². The van der Waals surface area contributed by atoms with Gasteiger partial charge in [0.1, 0.15) is 0 Å². The molecule has 5 heteroatoms. The van der Waals surface area contributed by atoms with Crippen molar-refractivity contribution in [2.75, 3.05) is 13.1 Å². The van der Waals surface area contributed by atoms with E-state index in [1.165, 1.54) is 5.56 Å². The second-order valence-corrected chi connectivity index (χ2v) is 5.25. The number of rotatable bonds is 5. The van der Waals surface area contributed by atoms with Gasteiger partial charge in [-0.1, -0.05) is 0 Å². The van der Waals surface area contributed by atoms with Gasteiger partial charge in [-0.25, -0.2) is 0 Å². The largest absolute Gasteiger partial charge is 0.339 e. The van der Waals surface area contributed by atoms with Crippen LogP contribution >= 0.6 is 0 Å². The molecule has 0 saturated carbocycles. The Bertz CT molecular complexity index is 804. The lowest BCUT2D eigenvalue weighted by atomic mass is 10.1. The first-order chi connectivity index (χ1) is 11.3. The standard InChI is InChI=1S/C18H18N4O/c1-2-22(12-7-14-5-8-19-9-6-14)18(23)15-3-4-16-17(13-15)21-11-10-20-16/h3-6,8-11,13H,2,7,12H2,1H3. The average molecular weight is 306 g/mol. The van der Waals surface area contributed by atoms with E-state index in [2.05, 4.69) is 15.0 Å². The van der Waals surface area contributed by atoms with E-state index in [1.54, 1.807) is 30.9 Å². The number of amides is 1. The Morgan fingerprint density at radius 3 is 2.48 bits per heavy atom. The lowest BCUT2D eigenvalue weighted by Crippen LogP contribution is -2.32. The molecule has 0 atom stereocenters. The molecule has 0 saturated heterocycles. The minimum Gasteiger partial charge on any atom is -0.339 e. The molecular weight excluding hydrogens is 288 g/mol. The highest BCUT2D eigenvalue weighted by Crippen LogP contribution is 2.13. The SMILES string of the molecule is CCN(CCc1ccncc1)C(=O)c1ccc2nccnc2c1. The van der Waals surface area contributed by atoms with E-state index in [9.17, 15) is 4.79 Å². The quantitative estimate of drug-likeness (QED) is 0.727. The molecule has 23 heavy (non-hydrogen) atoms. The fourth-order valence-corrected chi connectivity index (χ4v) is 2.50. The molecule has 0 spiro atoms. The monoisotopic (exact) mass is 306 g/mol. The number of pyridine rings is 1. The third-order valence-electron chi connectivity index (χ3n) is 3.80. The lowest BCUT2D eigenvalue weighted by Gasteiger charge is -2.21. The van der Waals surface area contributed by atoms with Gasteiger partial charge in [0.15, 0.2) is 0 Å². The van der Waals surface area contributed by atoms with E-state index >= 15 is 0 Å². The van der Waals surface area contributed by atoms with Crippen molar-refractivity contribution >= 4 is 16.9 Å². The van der Waals surface area contributed by atoms with Crippen molar-refractivity contribution in [3.63, 3.8) is 0 Å². The van der Waals surface area contributed by atoms with Crippen LogP contribution in [0.25, 0.3) is 11.0 Å². The summed E-state index contributed by atoms with van der Waals surface area (Å²) < 4.78 is 0. The molecule has 3 rings (SSSR count). The molecule has 0 fully saturated rings. The maximum absolute atomic E-state index is 12.7. The van der Waals surface area contributed by atoms with Crippen LogP contribution in [0.4, 0.5) is 0 Å². The molecule has 0 radical (unpaired) electrons. The second kappa shape index (κ2) is 6.96. The highest BCUT2D eigenvalue weighted by Gasteiger charge is 2.14. The van der Waals surface area contributed by atoms with Gasteiger partial charge in [-0.3, -0.25) is 19.7 Å². The molecule has 2 heterocycles. The fourth-order valence-electron chi connectivity index (χ4n) is 2.50. The summed E-state index contributed by atoms with van der Waals surface area (Å²) in [6.07, 6.45) is 7.65. The second-order valence-electron chi connectivity index (χ2n) is 5.25. The van der Waals surface area contributed by atoms with Gasteiger partial charge in [-0.2, -0.15) is 0 Å². The number of likely N-dealkylation sites (N-methyl/N-ethyl adjacent to an activating group) is 1. The summed E-state index contributed by atoms with van der Waals surface area (Å²) in [6, 6.07) is 9.41. The predicted molar refractivity (Wildman–Crippen MR) is 89.1 cm³/mol. The normalized spacial score (nSPS) is 10.7. The number of hydrogen-bond donors (Lipinski definition) is 0. The zero-order valence-corrected chi connectivity index (χ0v) is 13.0. The Morgan fingerprint density at radius 1 is 1.00 bits per heavy atom. The molecule has 0 aliphatic heterocycles. The molecule has 1 amide bonds. The Balaban J connectivity index is 1.75. The van der Waals surface area contributed by atoms with Crippen molar-refractivity contribution < 1.29 is 4.79 Å². The molecule has 2 aromatic heterocycles. The minimum atomic E-state index is 0.0223. The van der Waals surface area contributed by atoms with E-state index < -0.39 is 0 Å². The van der Waals surface area contributed by atoms with Gasteiger partial charge in [-0.15, -0.1) is 0 Å². The van der Waals surface area contributed by atoms with Crippen LogP contribution in [0.2, 0.25) is 0 Å². The van der Waals surface area contributed by atoms with E-state index in [0.29, 0.717) is 18.7 Å². The predicted octanol–water partition coefficient (Wildman–Crippen LogP) is 2.73. The molecule has 0 N–H and O–H groups in total. The van der Waals surface area contributed by atoms with Crippen molar-refractivity contribution in [2.24, 2.45) is 0 Å².